The van der Waals surface area contributed by atoms with Crippen LogP contribution in [0.15, 0.2) is 28.7 Å². The molecule has 1 fully saturated rings. The maximum absolute atomic E-state index is 6.07. The normalized spacial score (nSPS) is 21.9. The number of piperidine rings is 1. The molecule has 18 heavy (non-hydrogen) atoms. The Labute approximate surface area is 118 Å². The van der Waals surface area contributed by atoms with Crippen molar-refractivity contribution >= 4 is 15.9 Å². The van der Waals surface area contributed by atoms with Crippen LogP contribution in [-0.4, -0.2) is 29.6 Å². The lowest BCUT2D eigenvalue weighted by molar-refractivity contribution is 0.0346. The molecule has 0 radical (unpaired) electrons. The van der Waals surface area contributed by atoms with Gasteiger partial charge in [-0.25, -0.2) is 0 Å². The number of hydrogen-bond donors (Lipinski definition) is 0. The molecule has 0 aliphatic carbocycles. The summed E-state index contributed by atoms with van der Waals surface area (Å²) in [7, 11) is 0. The second-order valence-electron chi connectivity index (χ2n) is 5.95. The van der Waals surface area contributed by atoms with Crippen LogP contribution in [0, 0.1) is 0 Å². The van der Waals surface area contributed by atoms with Crippen LogP contribution in [0.3, 0.4) is 0 Å². The van der Waals surface area contributed by atoms with E-state index in [1.165, 1.54) is 13.0 Å². The smallest absolute Gasteiger partial charge is 0.119 e. The van der Waals surface area contributed by atoms with Gasteiger partial charge in [0.15, 0.2) is 0 Å². The first-order valence-electron chi connectivity index (χ1n) is 6.62. The molecule has 2 nitrogen and oxygen atoms in total. The molecule has 1 aromatic rings. The van der Waals surface area contributed by atoms with Crippen molar-refractivity contribution in [3.8, 4) is 5.75 Å². The van der Waals surface area contributed by atoms with E-state index in [1.807, 2.05) is 24.3 Å². The van der Waals surface area contributed by atoms with Gasteiger partial charge < -0.3 is 4.74 Å². The van der Waals surface area contributed by atoms with E-state index in [9.17, 15) is 0 Å². The van der Waals surface area contributed by atoms with Gasteiger partial charge in [-0.15, -0.1) is 0 Å². The van der Waals surface area contributed by atoms with Crippen molar-refractivity contribution in [2.24, 2.45) is 0 Å². The number of rotatable bonds is 2. The maximum atomic E-state index is 6.07. The van der Waals surface area contributed by atoms with Gasteiger partial charge in [0.25, 0.3) is 0 Å². The first kappa shape index (κ1) is 13.9. The molecule has 1 aliphatic rings. The van der Waals surface area contributed by atoms with Crippen LogP contribution in [-0.2, 0) is 0 Å². The first-order valence-corrected chi connectivity index (χ1v) is 7.42. The van der Waals surface area contributed by atoms with E-state index in [4.69, 9.17) is 4.74 Å². The van der Waals surface area contributed by atoms with Gasteiger partial charge in [-0.3, -0.25) is 4.90 Å². The van der Waals surface area contributed by atoms with Crippen molar-refractivity contribution < 1.29 is 4.74 Å². The average Bonchev–Trinajstić information content (AvgIpc) is 2.31. The van der Waals surface area contributed by atoms with Crippen LogP contribution in [0.25, 0.3) is 0 Å². The van der Waals surface area contributed by atoms with E-state index in [0.29, 0.717) is 6.10 Å². The molecule has 0 aromatic heterocycles. The third-order valence-electron chi connectivity index (χ3n) is 3.44. The van der Waals surface area contributed by atoms with Gasteiger partial charge in [0.1, 0.15) is 11.9 Å². The number of halogens is 1. The zero-order valence-electron chi connectivity index (χ0n) is 11.4. The third-order valence-corrected chi connectivity index (χ3v) is 3.97. The summed E-state index contributed by atoms with van der Waals surface area (Å²) >= 11 is 3.44. The molecule has 0 saturated carbocycles. The fourth-order valence-electron chi connectivity index (χ4n) is 2.35. The Morgan fingerprint density at radius 3 is 2.50 bits per heavy atom. The van der Waals surface area contributed by atoms with Crippen molar-refractivity contribution in [1.82, 2.24) is 4.90 Å². The molecule has 1 saturated heterocycles. The van der Waals surface area contributed by atoms with E-state index in [1.54, 1.807) is 0 Å². The van der Waals surface area contributed by atoms with E-state index >= 15 is 0 Å². The average molecular weight is 312 g/mol. The minimum Gasteiger partial charge on any atom is -0.489 e. The second kappa shape index (κ2) is 5.62. The van der Waals surface area contributed by atoms with Crippen molar-refractivity contribution in [2.75, 3.05) is 13.1 Å². The molecule has 0 bridgehead atoms. The standard InChI is InChI=1S/C15H22BrNO/c1-15(2,3)17-10-4-5-14(11-17)18-13-8-6-12(16)7-9-13/h6-9,14H,4-5,10-11H2,1-3H3. The molecular weight excluding hydrogens is 290 g/mol. The van der Waals surface area contributed by atoms with E-state index in [2.05, 4.69) is 41.6 Å². The summed E-state index contributed by atoms with van der Waals surface area (Å²) in [5.74, 6) is 0.971. The number of hydrogen-bond acceptors (Lipinski definition) is 2. The molecule has 0 amide bonds. The summed E-state index contributed by atoms with van der Waals surface area (Å²) in [6.07, 6.45) is 2.69. The lowest BCUT2D eigenvalue weighted by Gasteiger charge is -2.41. The topological polar surface area (TPSA) is 12.5 Å². The highest BCUT2D eigenvalue weighted by molar-refractivity contribution is 9.10. The van der Waals surface area contributed by atoms with Gasteiger partial charge in [-0.05, 0) is 64.4 Å². The Morgan fingerprint density at radius 2 is 1.89 bits per heavy atom. The third kappa shape index (κ3) is 3.72. The summed E-state index contributed by atoms with van der Waals surface area (Å²) in [6.45, 7) is 9.03. The number of benzene rings is 1. The Kier molecular flexibility index (Phi) is 4.33. The van der Waals surface area contributed by atoms with E-state index in [0.717, 1.165) is 23.2 Å². The summed E-state index contributed by atoms with van der Waals surface area (Å²) in [5.41, 5.74) is 0.238. The van der Waals surface area contributed by atoms with Gasteiger partial charge in [0.05, 0.1) is 0 Å². The Bertz CT molecular complexity index is 382. The second-order valence-corrected chi connectivity index (χ2v) is 6.87. The quantitative estimate of drug-likeness (QED) is 0.815. The Balaban J connectivity index is 1.95. The van der Waals surface area contributed by atoms with Crippen molar-refractivity contribution in [2.45, 2.75) is 45.3 Å². The largest absolute Gasteiger partial charge is 0.489 e. The Morgan fingerprint density at radius 1 is 1.22 bits per heavy atom. The van der Waals surface area contributed by atoms with Crippen LogP contribution in [0.4, 0.5) is 0 Å². The first-order chi connectivity index (χ1) is 8.45. The molecule has 1 atom stereocenters. The van der Waals surface area contributed by atoms with Crippen LogP contribution in [0.2, 0.25) is 0 Å². The highest BCUT2D eigenvalue weighted by Crippen LogP contribution is 2.24. The monoisotopic (exact) mass is 311 g/mol. The predicted octanol–water partition coefficient (Wildman–Crippen LogP) is 4.09. The fraction of sp³-hybridized carbons (Fsp3) is 0.600. The molecule has 1 aliphatic heterocycles. The molecule has 1 heterocycles. The summed E-state index contributed by atoms with van der Waals surface area (Å²) in [5, 5.41) is 0. The lowest BCUT2D eigenvalue weighted by atomic mass is 9.99. The van der Waals surface area contributed by atoms with Gasteiger partial charge in [0, 0.05) is 16.6 Å². The Hall–Kier alpha value is -0.540. The van der Waals surface area contributed by atoms with Gasteiger partial charge in [-0.1, -0.05) is 15.9 Å². The maximum Gasteiger partial charge on any atom is 0.119 e. The molecule has 1 aromatic carbocycles. The van der Waals surface area contributed by atoms with Gasteiger partial charge >= 0.3 is 0 Å². The molecule has 3 heteroatoms. The molecule has 100 valence electrons. The van der Waals surface area contributed by atoms with Crippen molar-refractivity contribution in [3.63, 3.8) is 0 Å². The molecule has 0 spiro atoms. The zero-order chi connectivity index (χ0) is 13.2. The van der Waals surface area contributed by atoms with Crippen LogP contribution in [0.5, 0.6) is 5.75 Å². The summed E-state index contributed by atoms with van der Waals surface area (Å²) < 4.78 is 7.17. The van der Waals surface area contributed by atoms with Gasteiger partial charge in [0.2, 0.25) is 0 Å². The fourth-order valence-corrected chi connectivity index (χ4v) is 2.61. The van der Waals surface area contributed by atoms with Crippen molar-refractivity contribution in [3.05, 3.63) is 28.7 Å². The zero-order valence-corrected chi connectivity index (χ0v) is 13.0. The minimum absolute atomic E-state index is 0.238. The predicted molar refractivity (Wildman–Crippen MR) is 79.1 cm³/mol. The minimum atomic E-state index is 0.238. The molecular formula is C15H22BrNO. The van der Waals surface area contributed by atoms with E-state index < -0.39 is 0 Å². The van der Waals surface area contributed by atoms with E-state index in [-0.39, 0.29) is 5.54 Å². The number of likely N-dealkylation sites (tertiary alicyclic amines) is 1. The number of nitrogens with zero attached hydrogens (tertiary/aromatic N) is 1. The molecule has 2 rings (SSSR count). The molecule has 0 N–H and O–H groups in total. The van der Waals surface area contributed by atoms with Crippen molar-refractivity contribution in [1.29, 1.82) is 0 Å². The van der Waals surface area contributed by atoms with Crippen LogP contribution in [0.1, 0.15) is 33.6 Å². The number of ether oxygens (including phenoxy) is 1. The SMILES string of the molecule is CC(C)(C)N1CCCC(Oc2ccc(Br)cc2)C1. The lowest BCUT2D eigenvalue weighted by Crippen LogP contribution is -2.50. The van der Waals surface area contributed by atoms with Crippen LogP contribution >= 0.6 is 15.9 Å². The highest BCUT2D eigenvalue weighted by atomic mass is 79.9. The summed E-state index contributed by atoms with van der Waals surface area (Å²) in [6, 6.07) is 8.11. The highest BCUT2D eigenvalue weighted by Gasteiger charge is 2.28. The van der Waals surface area contributed by atoms with Crippen LogP contribution < -0.4 is 4.74 Å². The van der Waals surface area contributed by atoms with Gasteiger partial charge in [-0.2, -0.15) is 0 Å². The summed E-state index contributed by atoms with van der Waals surface area (Å²) in [4.78, 5) is 2.51. The molecule has 1 unspecified atom stereocenters.